The van der Waals surface area contributed by atoms with E-state index in [9.17, 15) is 18.5 Å². The average molecular weight is 733 g/mol. The molecule has 0 spiro atoms. The quantitative estimate of drug-likeness (QED) is 0.0406. The van der Waals surface area contributed by atoms with Crippen molar-refractivity contribution in [2.75, 3.05) is 18.7 Å². The average Bonchev–Trinajstić information content (AvgIpc) is 3.54. The molecule has 14 nitrogen and oxygen atoms in total. The van der Waals surface area contributed by atoms with Gasteiger partial charge in [0.15, 0.2) is 0 Å². The van der Waals surface area contributed by atoms with E-state index in [1.807, 2.05) is 6.07 Å². The minimum atomic E-state index is -4.88. The summed E-state index contributed by atoms with van der Waals surface area (Å²) in [5.74, 6) is 0.558. The molecule has 0 fully saturated rings. The first kappa shape index (κ1) is 35.6. The van der Waals surface area contributed by atoms with Crippen molar-refractivity contribution < 1.29 is 50.9 Å². The Hall–Kier alpha value is -4.70. The number of nitrogens with zero attached hydrogens (tertiary/aromatic N) is 3. The molecule has 5 rings (SSSR count). The van der Waals surface area contributed by atoms with Crippen LogP contribution in [-0.4, -0.2) is 50.1 Å². The van der Waals surface area contributed by atoms with Crippen LogP contribution in [0.15, 0.2) is 83.5 Å². The fourth-order valence-corrected chi connectivity index (χ4v) is 5.00. The van der Waals surface area contributed by atoms with Crippen molar-refractivity contribution in [3.63, 3.8) is 0 Å². The summed E-state index contributed by atoms with van der Waals surface area (Å²) in [5, 5.41) is 4.23. The largest absolute Gasteiger partial charge is 0.487 e. The van der Waals surface area contributed by atoms with Crippen LogP contribution < -0.4 is 10.1 Å². The molecule has 49 heavy (non-hydrogen) atoms. The molecule has 0 radical (unpaired) electrons. The number of phosphoric acid groups is 1. The summed E-state index contributed by atoms with van der Waals surface area (Å²) in [6.45, 7) is -1.23. The maximum atomic E-state index is 13.5. The van der Waals surface area contributed by atoms with Gasteiger partial charge in [-0.15, -0.1) is 0 Å². The molecule has 3 aromatic carbocycles. The van der Waals surface area contributed by atoms with Gasteiger partial charge in [-0.1, -0.05) is 23.7 Å². The zero-order valence-corrected chi connectivity index (χ0v) is 27.7. The number of carbonyl (C=O) groups is 2. The van der Waals surface area contributed by atoms with Crippen molar-refractivity contribution in [1.29, 1.82) is 0 Å². The van der Waals surface area contributed by atoms with Crippen LogP contribution in [0.25, 0.3) is 22.2 Å². The molecule has 0 aliphatic carbocycles. The summed E-state index contributed by atoms with van der Waals surface area (Å²) >= 11 is 9.93. The number of amides is 1. The van der Waals surface area contributed by atoms with Gasteiger partial charge in [0.05, 0.1) is 23.5 Å². The van der Waals surface area contributed by atoms with Crippen LogP contribution >= 0.6 is 32.3 Å². The normalized spacial score (nSPS) is 11.3. The van der Waals surface area contributed by atoms with Gasteiger partial charge in [-0.05, 0) is 66.2 Å². The standard InChI is InChI=1S/C31H27ClFN4O10PS/c32-25-14-22(5-8-28(25)43-16-19-2-1-3-21(33)12-19)36-30-24-13-20(4-7-26(24)34-17-35-30)27-9-6-23(46-27)15-37(11-10-29(38)47-49)31(39)44-18-45-48(40,41)42/h1-9,12-14,17,49H,10-11,15-16,18H2,(H,34,35,36)(H2,40,41,42). The van der Waals surface area contributed by atoms with Gasteiger partial charge in [0.2, 0.25) is 6.79 Å². The second-order valence-electron chi connectivity index (χ2n) is 10.2. The first-order valence-electron chi connectivity index (χ1n) is 14.2. The van der Waals surface area contributed by atoms with Crippen molar-refractivity contribution in [2.45, 2.75) is 19.6 Å². The number of carbonyl (C=O) groups excluding carboxylic acids is 2. The molecule has 0 saturated heterocycles. The van der Waals surface area contributed by atoms with Crippen molar-refractivity contribution in [1.82, 2.24) is 14.9 Å². The lowest BCUT2D eigenvalue weighted by Crippen LogP contribution is -2.33. The number of benzene rings is 3. The number of hydrogen-bond donors (Lipinski definition) is 4. The molecule has 2 heterocycles. The molecule has 256 valence electrons. The van der Waals surface area contributed by atoms with Crippen molar-refractivity contribution in [3.8, 4) is 17.1 Å². The highest BCUT2D eigenvalue weighted by Gasteiger charge is 2.22. The van der Waals surface area contributed by atoms with E-state index >= 15 is 0 Å². The van der Waals surface area contributed by atoms with Gasteiger partial charge in [0, 0.05) is 36.1 Å². The Morgan fingerprint density at radius 3 is 2.65 bits per heavy atom. The van der Waals surface area contributed by atoms with E-state index in [-0.39, 0.29) is 31.9 Å². The molecule has 1 amide bonds. The number of ether oxygens (including phenoxy) is 2. The molecular weight excluding hydrogens is 706 g/mol. The van der Waals surface area contributed by atoms with E-state index in [2.05, 4.69) is 36.9 Å². The van der Waals surface area contributed by atoms with Crippen LogP contribution in [0, 0.1) is 5.82 Å². The summed E-state index contributed by atoms with van der Waals surface area (Å²) in [6.07, 6.45) is 0.139. The van der Waals surface area contributed by atoms with E-state index in [1.54, 1.807) is 54.6 Å². The van der Waals surface area contributed by atoms with Crippen LogP contribution in [0.1, 0.15) is 17.7 Å². The molecule has 0 bridgehead atoms. The van der Waals surface area contributed by atoms with Gasteiger partial charge in [-0.25, -0.2) is 28.2 Å². The third-order valence-electron chi connectivity index (χ3n) is 6.76. The number of halogens is 2. The molecule has 18 heteroatoms. The molecular formula is C31H27ClFN4O10PS. The number of furan rings is 1. The minimum absolute atomic E-state index is 0.138. The Labute approximate surface area is 288 Å². The maximum absolute atomic E-state index is 13.5. The Morgan fingerprint density at radius 1 is 1.06 bits per heavy atom. The fraction of sp³-hybridized carbons (Fsp3) is 0.161. The van der Waals surface area contributed by atoms with Crippen LogP contribution in [0.2, 0.25) is 5.02 Å². The lowest BCUT2D eigenvalue weighted by atomic mass is 10.1. The first-order chi connectivity index (χ1) is 23.5. The number of nitrogens with one attached hydrogen (secondary N) is 1. The van der Waals surface area contributed by atoms with Crippen LogP contribution in [0.3, 0.4) is 0 Å². The summed E-state index contributed by atoms with van der Waals surface area (Å²) in [4.78, 5) is 51.7. The Morgan fingerprint density at radius 2 is 1.90 bits per heavy atom. The Kier molecular flexibility index (Phi) is 11.7. The van der Waals surface area contributed by atoms with Gasteiger partial charge >= 0.3 is 19.9 Å². The van der Waals surface area contributed by atoms with E-state index < -0.39 is 26.7 Å². The van der Waals surface area contributed by atoms with Crippen LogP contribution in [0.5, 0.6) is 5.75 Å². The summed E-state index contributed by atoms with van der Waals surface area (Å²) in [5.41, 5.74) is 2.57. The number of hydrogen-bond acceptors (Lipinski definition) is 12. The SMILES string of the molecule is O=C(CCN(Cc1ccc(-c2ccc3ncnc(Nc4ccc(OCc5cccc(F)c5)c(Cl)c4)c3c2)o1)C(=O)OCOP(=O)(O)O)OS. The third kappa shape index (κ3) is 10.2. The summed E-state index contributed by atoms with van der Waals surface area (Å²) < 4.78 is 49.4. The summed E-state index contributed by atoms with van der Waals surface area (Å²) in [7, 11) is -4.88. The van der Waals surface area contributed by atoms with Gasteiger partial charge in [0.1, 0.15) is 41.8 Å². The van der Waals surface area contributed by atoms with Gasteiger partial charge in [-0.2, -0.15) is 0 Å². The lowest BCUT2D eigenvalue weighted by molar-refractivity contribution is -0.133. The molecule has 3 N–H and O–H groups in total. The molecule has 0 aliphatic heterocycles. The summed E-state index contributed by atoms with van der Waals surface area (Å²) in [6, 6.07) is 19.9. The van der Waals surface area contributed by atoms with Gasteiger partial charge in [-0.3, -0.25) is 4.79 Å². The van der Waals surface area contributed by atoms with Crippen molar-refractivity contribution in [2.24, 2.45) is 0 Å². The lowest BCUT2D eigenvalue weighted by Gasteiger charge is -2.20. The minimum Gasteiger partial charge on any atom is -0.487 e. The molecule has 0 atom stereocenters. The second-order valence-corrected chi connectivity index (χ2v) is 12.0. The zero-order chi connectivity index (χ0) is 35.0. The van der Waals surface area contributed by atoms with E-state index in [0.717, 1.165) is 4.90 Å². The Bertz CT molecular complexity index is 2010. The molecule has 0 aliphatic rings. The van der Waals surface area contributed by atoms with E-state index in [4.69, 9.17) is 35.3 Å². The van der Waals surface area contributed by atoms with Crippen LogP contribution in [0.4, 0.5) is 20.7 Å². The van der Waals surface area contributed by atoms with Gasteiger partial charge < -0.3 is 38.1 Å². The smallest absolute Gasteiger partial charge is 0.472 e. The fourth-order valence-electron chi connectivity index (χ4n) is 4.48. The highest BCUT2D eigenvalue weighted by atomic mass is 35.5. The topological polar surface area (TPSA) is 183 Å². The highest BCUT2D eigenvalue weighted by Crippen LogP contribution is 2.36. The molecule has 0 saturated carbocycles. The number of phosphoric ester groups is 1. The number of anilines is 2. The molecule has 5 aromatic rings. The van der Waals surface area contributed by atoms with E-state index in [0.29, 0.717) is 55.8 Å². The predicted molar refractivity (Wildman–Crippen MR) is 177 cm³/mol. The highest BCUT2D eigenvalue weighted by molar-refractivity contribution is 7.75. The van der Waals surface area contributed by atoms with Crippen molar-refractivity contribution >= 4 is 66.8 Å². The first-order valence-corrected chi connectivity index (χ1v) is 16.5. The zero-order valence-electron chi connectivity index (χ0n) is 25.2. The third-order valence-corrected chi connectivity index (χ3v) is 7.70. The number of thiol groups is 1. The maximum Gasteiger partial charge on any atom is 0.472 e. The second kappa shape index (κ2) is 16.1. The molecule has 2 aromatic heterocycles. The predicted octanol–water partition coefficient (Wildman–Crippen LogP) is 6.79. The van der Waals surface area contributed by atoms with Crippen molar-refractivity contribution in [3.05, 3.63) is 101 Å². The van der Waals surface area contributed by atoms with Gasteiger partial charge in [0.25, 0.3) is 0 Å². The van der Waals surface area contributed by atoms with Crippen LogP contribution in [-0.2, 0) is 36.0 Å². The number of fused-ring (bicyclic) bond motifs is 1. The van der Waals surface area contributed by atoms with E-state index in [1.165, 1.54) is 18.5 Å². The Balaban J connectivity index is 1.30. The number of rotatable bonds is 14. The number of aromatic nitrogens is 2. The molecule has 0 unspecified atom stereocenters. The monoisotopic (exact) mass is 732 g/mol.